The Balaban J connectivity index is 2.57. The van der Waals surface area contributed by atoms with Crippen LogP contribution in [0.4, 0.5) is 0 Å². The van der Waals surface area contributed by atoms with Gasteiger partial charge in [0.25, 0.3) is 0 Å². The molecule has 3 nitrogen and oxygen atoms in total. The second-order valence-corrected chi connectivity index (χ2v) is 1.40. The second-order valence-electron chi connectivity index (χ2n) is 1.40. The molecule has 0 saturated heterocycles. The average Bonchev–Trinajstić information content (AvgIpc) is 1.32. The van der Waals surface area contributed by atoms with Gasteiger partial charge in [-0.3, -0.25) is 0 Å². The van der Waals surface area contributed by atoms with Crippen LogP contribution in [0.15, 0.2) is 0 Å². The minimum absolute atomic E-state index is 0.257. The van der Waals surface area contributed by atoms with Crippen LogP contribution in [0.2, 0.25) is 0 Å². The van der Waals surface area contributed by atoms with Crippen LogP contribution in [-0.4, -0.2) is 28.8 Å². The Labute approximate surface area is 34.9 Å². The van der Waals surface area contributed by atoms with E-state index in [2.05, 4.69) is 4.99 Å². The van der Waals surface area contributed by atoms with Crippen molar-refractivity contribution in [2.75, 3.05) is 6.54 Å². The van der Waals surface area contributed by atoms with E-state index in [-0.39, 0.29) is 6.54 Å². The Morgan fingerprint density at radius 3 is 2.00 bits per heavy atom. The molecular weight excluding hydrogens is 82.0 g/mol. The SMILES string of the molecule is OC1(O)C=[NH+]C1. The molecule has 3 N–H and O–H groups in total. The molecular formula is C3H6NO2+. The summed E-state index contributed by atoms with van der Waals surface area (Å²) in [4.78, 5) is 2.58. The molecule has 0 radical (unpaired) electrons. The van der Waals surface area contributed by atoms with Crippen LogP contribution < -0.4 is 4.99 Å². The molecule has 0 atom stereocenters. The lowest BCUT2D eigenvalue weighted by atomic mass is 10.2. The maximum Gasteiger partial charge on any atom is 0.303 e. The summed E-state index contributed by atoms with van der Waals surface area (Å²) in [7, 11) is 0. The molecule has 0 spiro atoms. The zero-order chi connectivity index (χ0) is 4.62. The minimum Gasteiger partial charge on any atom is -0.353 e. The highest BCUT2D eigenvalue weighted by Crippen LogP contribution is 1.88. The molecule has 34 valence electrons. The quantitative estimate of drug-likeness (QED) is 0.274. The van der Waals surface area contributed by atoms with Crippen molar-refractivity contribution < 1.29 is 15.2 Å². The van der Waals surface area contributed by atoms with Crippen LogP contribution in [0.5, 0.6) is 0 Å². The molecule has 0 aliphatic carbocycles. The van der Waals surface area contributed by atoms with Crippen molar-refractivity contribution in [1.82, 2.24) is 0 Å². The lowest BCUT2D eigenvalue weighted by Crippen LogP contribution is -2.88. The average molecular weight is 88.1 g/mol. The Hall–Kier alpha value is -0.410. The number of aliphatic hydroxyl groups is 2. The Bertz CT molecular complexity index is 86.8. The number of nitrogens with one attached hydrogen (secondary N) is 1. The van der Waals surface area contributed by atoms with Gasteiger partial charge in [0.05, 0.1) is 0 Å². The lowest BCUT2D eigenvalue weighted by Gasteiger charge is -2.12. The molecule has 0 aromatic heterocycles. The van der Waals surface area contributed by atoms with E-state index in [1.54, 1.807) is 0 Å². The van der Waals surface area contributed by atoms with E-state index in [4.69, 9.17) is 10.2 Å². The van der Waals surface area contributed by atoms with Crippen LogP contribution in [0.25, 0.3) is 0 Å². The maximum absolute atomic E-state index is 8.35. The van der Waals surface area contributed by atoms with Crippen LogP contribution in [-0.2, 0) is 0 Å². The van der Waals surface area contributed by atoms with Crippen LogP contribution in [0.3, 0.4) is 0 Å². The summed E-state index contributed by atoms with van der Waals surface area (Å²) in [6, 6.07) is 0. The molecule has 0 unspecified atom stereocenters. The minimum atomic E-state index is -1.51. The van der Waals surface area contributed by atoms with E-state index in [0.29, 0.717) is 0 Å². The lowest BCUT2D eigenvalue weighted by molar-refractivity contribution is -0.536. The molecule has 1 heterocycles. The van der Waals surface area contributed by atoms with Crippen molar-refractivity contribution in [2.45, 2.75) is 5.79 Å². The Kier molecular flexibility index (Phi) is 0.504. The molecule has 6 heavy (non-hydrogen) atoms. The second kappa shape index (κ2) is 0.802. The van der Waals surface area contributed by atoms with Gasteiger partial charge in [0, 0.05) is 0 Å². The number of β-amino-alcohol motifs (C(OH)–C–C–N with tert-alkyl or cyclic N) is 2. The molecule has 0 saturated carbocycles. The van der Waals surface area contributed by atoms with E-state index in [1.807, 2.05) is 0 Å². The van der Waals surface area contributed by atoms with Crippen LogP contribution >= 0.6 is 0 Å². The highest BCUT2D eigenvalue weighted by atomic mass is 16.5. The summed E-state index contributed by atoms with van der Waals surface area (Å²) < 4.78 is 0. The summed E-state index contributed by atoms with van der Waals surface area (Å²) in [5, 5.41) is 16.7. The molecule has 1 aliphatic heterocycles. The summed E-state index contributed by atoms with van der Waals surface area (Å²) in [6.07, 6.45) is 1.23. The standard InChI is InChI=1S/C3H5NO2/c5-3(6)1-4-2-3/h1,5-6H,2H2/p+1. The first-order chi connectivity index (χ1) is 2.71. The van der Waals surface area contributed by atoms with Crippen molar-refractivity contribution in [1.29, 1.82) is 0 Å². The van der Waals surface area contributed by atoms with Crippen molar-refractivity contribution in [3.63, 3.8) is 0 Å². The van der Waals surface area contributed by atoms with Gasteiger partial charge in [0.1, 0.15) is 0 Å². The monoisotopic (exact) mass is 88.0 g/mol. The molecule has 0 fully saturated rings. The summed E-state index contributed by atoms with van der Waals surface area (Å²) in [5.41, 5.74) is 0. The van der Waals surface area contributed by atoms with E-state index < -0.39 is 5.79 Å². The van der Waals surface area contributed by atoms with Gasteiger partial charge in [-0.15, -0.1) is 0 Å². The first-order valence-corrected chi connectivity index (χ1v) is 1.73. The molecule has 0 bridgehead atoms. The molecule has 3 heteroatoms. The zero-order valence-corrected chi connectivity index (χ0v) is 3.18. The van der Waals surface area contributed by atoms with Crippen molar-refractivity contribution in [3.05, 3.63) is 0 Å². The maximum atomic E-state index is 8.35. The van der Waals surface area contributed by atoms with Gasteiger partial charge < -0.3 is 10.2 Å². The van der Waals surface area contributed by atoms with E-state index in [9.17, 15) is 0 Å². The van der Waals surface area contributed by atoms with Crippen LogP contribution in [0, 0.1) is 0 Å². The molecule has 1 rings (SSSR count). The van der Waals surface area contributed by atoms with Crippen molar-refractivity contribution >= 4 is 6.21 Å². The summed E-state index contributed by atoms with van der Waals surface area (Å²) >= 11 is 0. The summed E-state index contributed by atoms with van der Waals surface area (Å²) in [5.74, 6) is -1.51. The van der Waals surface area contributed by atoms with Crippen molar-refractivity contribution in [3.8, 4) is 0 Å². The van der Waals surface area contributed by atoms with Gasteiger partial charge in [-0.2, -0.15) is 0 Å². The third kappa shape index (κ3) is 0.418. The predicted octanol–water partition coefficient (Wildman–Crippen LogP) is -3.17. The van der Waals surface area contributed by atoms with Gasteiger partial charge in [-0.1, -0.05) is 0 Å². The Morgan fingerprint density at radius 2 is 2.00 bits per heavy atom. The molecule has 0 aromatic rings. The fourth-order valence-corrected chi connectivity index (χ4v) is 0.285. The first-order valence-electron chi connectivity index (χ1n) is 1.73. The smallest absolute Gasteiger partial charge is 0.303 e. The predicted molar refractivity (Wildman–Crippen MR) is 19.1 cm³/mol. The Morgan fingerprint density at radius 1 is 1.67 bits per heavy atom. The third-order valence-corrected chi connectivity index (χ3v) is 0.695. The van der Waals surface area contributed by atoms with Gasteiger partial charge >= 0.3 is 5.79 Å². The fraction of sp³-hybridized carbons (Fsp3) is 0.667. The third-order valence-electron chi connectivity index (χ3n) is 0.695. The van der Waals surface area contributed by atoms with Gasteiger partial charge in [0.15, 0.2) is 0 Å². The van der Waals surface area contributed by atoms with Gasteiger partial charge in [0.2, 0.25) is 12.8 Å². The summed E-state index contributed by atoms with van der Waals surface area (Å²) in [6.45, 7) is 0.257. The number of rotatable bonds is 0. The van der Waals surface area contributed by atoms with Gasteiger partial charge in [-0.25, -0.2) is 4.99 Å². The zero-order valence-electron chi connectivity index (χ0n) is 3.18. The van der Waals surface area contributed by atoms with Gasteiger partial charge in [-0.05, 0) is 0 Å². The first kappa shape index (κ1) is 3.77. The molecule has 0 aromatic carbocycles. The van der Waals surface area contributed by atoms with E-state index in [0.717, 1.165) is 0 Å². The number of hydrogen-bond donors (Lipinski definition) is 3. The van der Waals surface area contributed by atoms with E-state index in [1.165, 1.54) is 6.21 Å². The highest BCUT2D eigenvalue weighted by Gasteiger charge is 2.33. The topological polar surface area (TPSA) is 54.4 Å². The van der Waals surface area contributed by atoms with E-state index >= 15 is 0 Å². The molecule has 1 aliphatic rings. The largest absolute Gasteiger partial charge is 0.353 e. The fourth-order valence-electron chi connectivity index (χ4n) is 0.285. The molecule has 0 amide bonds. The highest BCUT2D eigenvalue weighted by molar-refractivity contribution is 5.62. The normalized spacial score (nSPS) is 26.3. The van der Waals surface area contributed by atoms with Crippen molar-refractivity contribution in [2.24, 2.45) is 0 Å². The van der Waals surface area contributed by atoms with Crippen LogP contribution in [0.1, 0.15) is 0 Å². The number of hydrogen-bond acceptors (Lipinski definition) is 2.